The Bertz CT molecular complexity index is 3420. The number of fused-ring (bicyclic) bond motifs is 9. The predicted molar refractivity (Wildman–Crippen MR) is 265 cm³/mol. The van der Waals surface area contributed by atoms with Crippen LogP contribution in [0.3, 0.4) is 0 Å². The zero-order valence-electron chi connectivity index (χ0n) is 35.4. The fourth-order valence-corrected chi connectivity index (χ4v) is 11.7. The number of thiophene rings is 1. The van der Waals surface area contributed by atoms with Gasteiger partial charge in [-0.2, -0.15) is 0 Å². The fraction of sp³-hybridized carbons (Fsp3) is 0.100. The van der Waals surface area contributed by atoms with Crippen molar-refractivity contribution in [2.75, 3.05) is 4.90 Å². The number of hydrogen-bond acceptors (Lipinski definition) is 2. The standard InChI is InChI=1S/C60H45NS/c1-59(2)54-21-9-6-18-48(54)52-35-42(26-32-55(52)59)40-14-11-13-39(33-40)41-15-12-16-45(34-41)61(46-29-31-49-47-17-5-8-20-53(47)60(3,4)56(49)37-46)44-27-23-38(24-28-44)43-25-30-51-50-19-7-10-22-57(50)62-58(51)36-43/h5-37H,1-4H3. The van der Waals surface area contributed by atoms with Gasteiger partial charge in [-0.25, -0.2) is 0 Å². The zero-order chi connectivity index (χ0) is 41.7. The zero-order valence-corrected chi connectivity index (χ0v) is 36.2. The summed E-state index contributed by atoms with van der Waals surface area (Å²) in [4.78, 5) is 2.44. The second-order valence-corrected chi connectivity index (χ2v) is 19.2. The van der Waals surface area contributed by atoms with Crippen molar-refractivity contribution in [2.24, 2.45) is 0 Å². The molecule has 296 valence electrons. The summed E-state index contributed by atoms with van der Waals surface area (Å²) in [5, 5.41) is 2.66. The van der Waals surface area contributed by atoms with Crippen molar-refractivity contribution in [3.8, 4) is 55.6 Å². The monoisotopic (exact) mass is 811 g/mol. The molecule has 62 heavy (non-hydrogen) atoms. The number of anilines is 3. The highest BCUT2D eigenvalue weighted by Crippen LogP contribution is 2.52. The van der Waals surface area contributed by atoms with Crippen molar-refractivity contribution in [1.82, 2.24) is 0 Å². The summed E-state index contributed by atoms with van der Waals surface area (Å²) >= 11 is 1.87. The molecule has 1 nitrogen and oxygen atoms in total. The first-order chi connectivity index (χ1) is 30.2. The van der Waals surface area contributed by atoms with Gasteiger partial charge in [-0.15, -0.1) is 11.3 Å². The molecule has 12 rings (SSSR count). The van der Waals surface area contributed by atoms with Gasteiger partial charge in [0.25, 0.3) is 0 Å². The Balaban J connectivity index is 0.944. The van der Waals surface area contributed by atoms with Crippen LogP contribution in [0, 0.1) is 0 Å². The normalized spacial score (nSPS) is 14.1. The van der Waals surface area contributed by atoms with Crippen molar-refractivity contribution in [2.45, 2.75) is 38.5 Å². The molecular formula is C60H45NS. The van der Waals surface area contributed by atoms with Crippen LogP contribution in [0.1, 0.15) is 49.9 Å². The first-order valence-corrected chi connectivity index (χ1v) is 22.6. The van der Waals surface area contributed by atoms with Gasteiger partial charge in [-0.05, 0) is 139 Å². The van der Waals surface area contributed by atoms with Gasteiger partial charge in [0, 0.05) is 48.1 Å². The van der Waals surface area contributed by atoms with Gasteiger partial charge in [0.05, 0.1) is 0 Å². The summed E-state index contributed by atoms with van der Waals surface area (Å²) in [6.45, 7) is 9.42. The molecule has 0 saturated carbocycles. The smallest absolute Gasteiger partial charge is 0.0467 e. The molecule has 1 aromatic heterocycles. The third-order valence-corrected chi connectivity index (χ3v) is 15.0. The number of hydrogen-bond donors (Lipinski definition) is 0. The lowest BCUT2D eigenvalue weighted by atomic mass is 9.82. The lowest BCUT2D eigenvalue weighted by Gasteiger charge is -2.28. The Morgan fingerprint density at radius 2 is 0.823 bits per heavy atom. The van der Waals surface area contributed by atoms with Crippen molar-refractivity contribution >= 4 is 48.6 Å². The molecule has 2 heteroatoms. The Morgan fingerprint density at radius 1 is 0.306 bits per heavy atom. The van der Waals surface area contributed by atoms with Crippen LogP contribution in [0.15, 0.2) is 200 Å². The van der Waals surface area contributed by atoms with Crippen LogP contribution >= 0.6 is 11.3 Å². The maximum absolute atomic E-state index is 2.44. The van der Waals surface area contributed by atoms with E-state index in [9.17, 15) is 0 Å². The minimum absolute atomic E-state index is 0.00847. The van der Waals surface area contributed by atoms with E-state index in [0.717, 1.165) is 17.1 Å². The van der Waals surface area contributed by atoms with Crippen LogP contribution in [-0.2, 0) is 10.8 Å². The second-order valence-electron chi connectivity index (χ2n) is 18.2. The van der Waals surface area contributed by atoms with Crippen LogP contribution < -0.4 is 4.90 Å². The lowest BCUT2D eigenvalue weighted by Crippen LogP contribution is -2.16. The molecule has 2 aliphatic rings. The van der Waals surface area contributed by atoms with Crippen molar-refractivity contribution in [1.29, 1.82) is 0 Å². The average Bonchev–Trinajstić information content (AvgIpc) is 3.88. The summed E-state index contributed by atoms with van der Waals surface area (Å²) in [5.74, 6) is 0. The van der Waals surface area contributed by atoms with E-state index in [0.29, 0.717) is 0 Å². The third-order valence-electron chi connectivity index (χ3n) is 13.9. The molecule has 0 amide bonds. The summed E-state index contributed by atoms with van der Waals surface area (Å²) in [7, 11) is 0. The second kappa shape index (κ2) is 13.8. The lowest BCUT2D eigenvalue weighted by molar-refractivity contribution is 0.660. The molecule has 0 N–H and O–H groups in total. The summed E-state index contributed by atoms with van der Waals surface area (Å²) < 4.78 is 2.65. The van der Waals surface area contributed by atoms with E-state index < -0.39 is 0 Å². The minimum Gasteiger partial charge on any atom is -0.310 e. The van der Waals surface area contributed by atoms with Crippen molar-refractivity contribution in [3.63, 3.8) is 0 Å². The minimum atomic E-state index is -0.111. The molecule has 0 fully saturated rings. The van der Waals surface area contributed by atoms with E-state index in [-0.39, 0.29) is 10.8 Å². The van der Waals surface area contributed by atoms with Gasteiger partial charge in [0.2, 0.25) is 0 Å². The average molecular weight is 812 g/mol. The first-order valence-electron chi connectivity index (χ1n) is 21.7. The highest BCUT2D eigenvalue weighted by Gasteiger charge is 2.36. The summed E-state index contributed by atoms with van der Waals surface area (Å²) in [6.07, 6.45) is 0. The molecule has 0 atom stereocenters. The van der Waals surface area contributed by atoms with E-state index in [1.165, 1.54) is 98.1 Å². The van der Waals surface area contributed by atoms with E-state index in [1.54, 1.807) is 0 Å². The van der Waals surface area contributed by atoms with E-state index in [2.05, 4.69) is 233 Å². The van der Waals surface area contributed by atoms with E-state index in [1.807, 2.05) is 11.3 Å². The Labute approximate surface area is 368 Å². The molecule has 0 spiro atoms. The molecule has 0 radical (unpaired) electrons. The van der Waals surface area contributed by atoms with Crippen LogP contribution in [-0.4, -0.2) is 0 Å². The van der Waals surface area contributed by atoms with Crippen LogP contribution in [0.25, 0.3) is 75.8 Å². The maximum atomic E-state index is 2.44. The summed E-state index contributed by atoms with van der Waals surface area (Å²) in [5.41, 5.74) is 21.5. The summed E-state index contributed by atoms with van der Waals surface area (Å²) in [6, 6.07) is 74.8. The van der Waals surface area contributed by atoms with Crippen LogP contribution in [0.2, 0.25) is 0 Å². The van der Waals surface area contributed by atoms with Gasteiger partial charge in [-0.1, -0.05) is 167 Å². The molecule has 0 unspecified atom stereocenters. The predicted octanol–water partition coefficient (Wildman–Crippen LogP) is 17.1. The van der Waals surface area contributed by atoms with Gasteiger partial charge in [0.1, 0.15) is 0 Å². The van der Waals surface area contributed by atoms with Crippen molar-refractivity contribution < 1.29 is 0 Å². The molecule has 10 aromatic rings. The Hall–Kier alpha value is -7.00. The molecule has 2 aliphatic carbocycles. The Kier molecular flexibility index (Phi) is 8.17. The van der Waals surface area contributed by atoms with Gasteiger partial charge >= 0.3 is 0 Å². The molecule has 9 aromatic carbocycles. The molecule has 0 saturated heterocycles. The van der Waals surface area contributed by atoms with Gasteiger partial charge in [0.15, 0.2) is 0 Å². The largest absolute Gasteiger partial charge is 0.310 e. The molecule has 1 heterocycles. The topological polar surface area (TPSA) is 3.24 Å². The van der Waals surface area contributed by atoms with Crippen molar-refractivity contribution in [3.05, 3.63) is 222 Å². The fourth-order valence-electron chi connectivity index (χ4n) is 10.6. The van der Waals surface area contributed by atoms with Gasteiger partial charge in [-0.3, -0.25) is 0 Å². The maximum Gasteiger partial charge on any atom is 0.0467 e. The highest BCUT2D eigenvalue weighted by molar-refractivity contribution is 7.25. The number of rotatable bonds is 6. The quantitative estimate of drug-likeness (QED) is 0.162. The molecule has 0 bridgehead atoms. The number of benzene rings is 9. The van der Waals surface area contributed by atoms with Crippen LogP contribution in [0.4, 0.5) is 17.1 Å². The van der Waals surface area contributed by atoms with Gasteiger partial charge < -0.3 is 4.90 Å². The SMILES string of the molecule is CC1(C)c2ccccc2-c2cc(-c3cccc(-c4cccc(N(c5ccc(-c6ccc7c(c6)sc6ccccc67)cc5)c5ccc6c(c5)C(C)(C)c5ccccc5-6)c4)c3)ccc21. The molecular weight excluding hydrogens is 767 g/mol. The Morgan fingerprint density at radius 3 is 1.60 bits per heavy atom. The number of nitrogens with zero attached hydrogens (tertiary/aromatic N) is 1. The molecule has 0 aliphatic heterocycles. The highest BCUT2D eigenvalue weighted by atomic mass is 32.1. The van der Waals surface area contributed by atoms with E-state index >= 15 is 0 Å². The third kappa shape index (κ3) is 5.67. The van der Waals surface area contributed by atoms with Crippen LogP contribution in [0.5, 0.6) is 0 Å². The van der Waals surface area contributed by atoms with E-state index in [4.69, 9.17) is 0 Å². The first kappa shape index (κ1) is 36.8.